The van der Waals surface area contributed by atoms with Gasteiger partial charge in [0, 0.05) is 17.1 Å². The van der Waals surface area contributed by atoms with Crippen molar-refractivity contribution in [2.24, 2.45) is 4.99 Å². The van der Waals surface area contributed by atoms with Crippen LogP contribution >= 0.6 is 27.3 Å². The average Bonchev–Trinajstić information content (AvgIpc) is 3.36. The molecule has 202 valence electrons. The average molecular weight is 613 g/mol. The van der Waals surface area contributed by atoms with Gasteiger partial charge in [-0.05, 0) is 44.5 Å². The number of amides is 1. The fourth-order valence-corrected chi connectivity index (χ4v) is 6.59. The van der Waals surface area contributed by atoms with Gasteiger partial charge in [-0.15, -0.1) is 0 Å². The number of allylic oxidation sites excluding steroid dienone is 1. The molecule has 9 nitrogen and oxygen atoms in total. The Bertz CT molecular complexity index is 1740. The number of para-hydroxylation sites is 1. The smallest absolute Gasteiger partial charge is 0.338 e. The Kier molecular flexibility index (Phi) is 7.21. The summed E-state index contributed by atoms with van der Waals surface area (Å²) < 4.78 is 19.0. The number of methoxy groups -OCH3 is 1. The second kappa shape index (κ2) is 10.5. The normalized spacial score (nSPS) is 17.5. The van der Waals surface area contributed by atoms with Crippen molar-refractivity contribution in [3.8, 4) is 11.5 Å². The third kappa shape index (κ3) is 4.29. The van der Waals surface area contributed by atoms with Gasteiger partial charge in [0.25, 0.3) is 11.5 Å². The molecule has 0 unspecified atom stereocenters. The number of ether oxygens (including phenoxy) is 3. The lowest BCUT2D eigenvalue weighted by Crippen LogP contribution is -2.41. The largest absolute Gasteiger partial charge is 0.493 e. The molecular formula is C28H26BrN3O6S. The van der Waals surface area contributed by atoms with E-state index in [1.54, 1.807) is 33.0 Å². The molecule has 0 aliphatic carbocycles. The van der Waals surface area contributed by atoms with Gasteiger partial charge in [0.2, 0.25) is 0 Å². The van der Waals surface area contributed by atoms with Crippen LogP contribution in [0.5, 0.6) is 11.5 Å². The topological polar surface area (TPSA) is 99.4 Å². The summed E-state index contributed by atoms with van der Waals surface area (Å²) in [6.45, 7) is 5.83. The summed E-state index contributed by atoms with van der Waals surface area (Å²) in [4.78, 5) is 47.4. The lowest BCUT2D eigenvalue weighted by Gasteiger charge is -2.26. The number of carbonyl (C=O) groups excluding carboxylic acids is 2. The molecule has 3 aromatic rings. The number of benzene rings is 2. The number of hydrogen-bond donors (Lipinski definition) is 0. The molecule has 2 aromatic carbocycles. The molecular weight excluding hydrogens is 586 g/mol. The Morgan fingerprint density at radius 3 is 2.56 bits per heavy atom. The van der Waals surface area contributed by atoms with Crippen LogP contribution in [-0.4, -0.2) is 43.8 Å². The van der Waals surface area contributed by atoms with Gasteiger partial charge < -0.3 is 19.1 Å². The molecule has 2 aliphatic rings. The zero-order valence-electron chi connectivity index (χ0n) is 22.0. The number of anilines is 1. The van der Waals surface area contributed by atoms with Gasteiger partial charge in [-0.1, -0.05) is 45.5 Å². The van der Waals surface area contributed by atoms with E-state index in [9.17, 15) is 14.4 Å². The maximum Gasteiger partial charge on any atom is 0.338 e. The van der Waals surface area contributed by atoms with Crippen LogP contribution in [0, 0.1) is 0 Å². The number of nitrogens with zero attached hydrogens (tertiary/aromatic N) is 3. The highest BCUT2D eigenvalue weighted by molar-refractivity contribution is 9.10. The number of rotatable bonds is 6. The molecule has 0 saturated carbocycles. The molecule has 0 saturated heterocycles. The van der Waals surface area contributed by atoms with Gasteiger partial charge in [-0.25, -0.2) is 9.79 Å². The highest BCUT2D eigenvalue weighted by Crippen LogP contribution is 2.41. The number of likely N-dealkylation sites (N-methyl/N-ethyl adjacent to an activating group) is 1. The Hall–Kier alpha value is -3.70. The van der Waals surface area contributed by atoms with E-state index in [4.69, 9.17) is 14.2 Å². The highest BCUT2D eigenvalue weighted by atomic mass is 79.9. The van der Waals surface area contributed by atoms with Crippen molar-refractivity contribution in [1.82, 2.24) is 4.57 Å². The number of halogens is 1. The number of esters is 1. The first-order valence-corrected chi connectivity index (χ1v) is 13.9. The van der Waals surface area contributed by atoms with E-state index < -0.39 is 17.6 Å². The summed E-state index contributed by atoms with van der Waals surface area (Å²) in [7, 11) is 3.22. The number of hydrogen-bond acceptors (Lipinski definition) is 8. The molecule has 0 fully saturated rings. The molecule has 39 heavy (non-hydrogen) atoms. The van der Waals surface area contributed by atoms with Crippen LogP contribution in [0.3, 0.4) is 0 Å². The quantitative estimate of drug-likeness (QED) is 0.397. The summed E-state index contributed by atoms with van der Waals surface area (Å²) in [6.07, 6.45) is 0. The van der Waals surface area contributed by atoms with Gasteiger partial charge in [0.1, 0.15) is 4.53 Å². The monoisotopic (exact) mass is 611 g/mol. The molecule has 0 bridgehead atoms. The van der Waals surface area contributed by atoms with E-state index in [0.29, 0.717) is 49.8 Å². The summed E-state index contributed by atoms with van der Waals surface area (Å²) >= 11 is 4.74. The Morgan fingerprint density at radius 2 is 1.87 bits per heavy atom. The molecule has 0 spiro atoms. The van der Waals surface area contributed by atoms with Crippen molar-refractivity contribution < 1.29 is 23.8 Å². The van der Waals surface area contributed by atoms with Crippen molar-refractivity contribution in [1.29, 1.82) is 0 Å². The fourth-order valence-electron chi connectivity index (χ4n) is 4.91. The second-order valence-electron chi connectivity index (χ2n) is 8.84. The molecule has 1 amide bonds. The first kappa shape index (κ1) is 26.9. The Labute approximate surface area is 236 Å². The Morgan fingerprint density at radius 1 is 1.13 bits per heavy atom. The summed E-state index contributed by atoms with van der Waals surface area (Å²) in [6, 6.07) is 9.94. The summed E-state index contributed by atoms with van der Waals surface area (Å²) in [5.74, 6) is 0.104. The molecule has 0 N–H and O–H groups in total. The maximum atomic E-state index is 14.2. The summed E-state index contributed by atoms with van der Waals surface area (Å²) in [5, 5.41) is 0. The van der Waals surface area contributed by atoms with Crippen LogP contribution < -0.4 is 29.3 Å². The van der Waals surface area contributed by atoms with E-state index in [1.165, 1.54) is 16.6 Å². The van der Waals surface area contributed by atoms with Gasteiger partial charge >= 0.3 is 5.97 Å². The van der Waals surface area contributed by atoms with Crippen LogP contribution in [0.2, 0.25) is 0 Å². The third-order valence-electron chi connectivity index (χ3n) is 6.65. The first-order valence-electron chi connectivity index (χ1n) is 12.3. The zero-order chi connectivity index (χ0) is 28.0. The van der Waals surface area contributed by atoms with Crippen molar-refractivity contribution >= 4 is 50.4 Å². The minimum Gasteiger partial charge on any atom is -0.493 e. The second-order valence-corrected chi connectivity index (χ2v) is 10.7. The molecule has 1 atom stereocenters. The van der Waals surface area contributed by atoms with Gasteiger partial charge in [0.15, 0.2) is 16.3 Å². The molecule has 0 radical (unpaired) electrons. The number of carbonyl (C=O) groups is 2. The third-order valence-corrected chi connectivity index (χ3v) is 8.39. The first-order chi connectivity index (χ1) is 18.7. The van der Waals surface area contributed by atoms with E-state index in [0.717, 1.165) is 17.0 Å². The Balaban J connectivity index is 1.85. The number of aromatic nitrogens is 1. The highest BCUT2D eigenvalue weighted by Gasteiger charge is 2.37. The van der Waals surface area contributed by atoms with Gasteiger partial charge in [0.05, 0.1) is 48.9 Å². The maximum absolute atomic E-state index is 14.2. The van der Waals surface area contributed by atoms with Crippen LogP contribution in [0.15, 0.2) is 61.9 Å². The standard InChI is InChI=1S/C28H26BrN3O6S/c1-6-37-20-12-16(17(29)13-19(20)36-5)23-21(27(35)38-7-2)14(3)30-28-32(23)26(34)24(39-28)22-15-10-8-9-11-18(15)31(4)25(22)33/h8-13,23H,6-7H2,1-5H3/b24-22-/t23-/m0/s1. The molecule has 11 heteroatoms. The lowest BCUT2D eigenvalue weighted by molar-refractivity contribution is -0.139. The predicted molar refractivity (Wildman–Crippen MR) is 151 cm³/mol. The number of thiazole rings is 1. The molecule has 2 aliphatic heterocycles. The van der Waals surface area contributed by atoms with Crippen LogP contribution in [-0.2, 0) is 14.3 Å². The summed E-state index contributed by atoms with van der Waals surface area (Å²) in [5.41, 5.74) is 2.53. The van der Waals surface area contributed by atoms with Crippen molar-refractivity contribution in [3.63, 3.8) is 0 Å². The van der Waals surface area contributed by atoms with E-state index in [-0.39, 0.29) is 22.6 Å². The predicted octanol–water partition coefficient (Wildman–Crippen LogP) is 3.31. The van der Waals surface area contributed by atoms with Crippen molar-refractivity contribution in [2.75, 3.05) is 32.3 Å². The molecule has 3 heterocycles. The van der Waals surface area contributed by atoms with E-state index in [2.05, 4.69) is 20.9 Å². The molecule has 1 aromatic heterocycles. The van der Waals surface area contributed by atoms with Gasteiger partial charge in [-0.2, -0.15) is 0 Å². The lowest BCUT2D eigenvalue weighted by atomic mass is 9.95. The van der Waals surface area contributed by atoms with Crippen LogP contribution in [0.25, 0.3) is 5.57 Å². The molecule has 5 rings (SSSR count). The minimum absolute atomic E-state index is 0.155. The SMILES string of the molecule is CCOC(=O)C1=C(C)N=c2s/c(=C3\C(=O)N(C)c4ccccc43)c(=O)n2[C@H]1c1cc(OCC)c(OC)cc1Br. The van der Waals surface area contributed by atoms with Crippen LogP contribution in [0.4, 0.5) is 5.69 Å². The van der Waals surface area contributed by atoms with Crippen LogP contribution in [0.1, 0.15) is 37.9 Å². The van der Waals surface area contributed by atoms with E-state index in [1.807, 2.05) is 31.2 Å². The van der Waals surface area contributed by atoms with Gasteiger partial charge in [-0.3, -0.25) is 14.2 Å². The fraction of sp³-hybridized carbons (Fsp3) is 0.286. The number of fused-ring (bicyclic) bond motifs is 2. The zero-order valence-corrected chi connectivity index (χ0v) is 24.4. The van der Waals surface area contributed by atoms with Crippen molar-refractivity contribution in [3.05, 3.63) is 83.0 Å². The van der Waals surface area contributed by atoms with E-state index >= 15 is 0 Å². The minimum atomic E-state index is -0.890. The van der Waals surface area contributed by atoms with Crippen molar-refractivity contribution in [2.45, 2.75) is 26.8 Å².